The van der Waals surface area contributed by atoms with Gasteiger partial charge in [0.15, 0.2) is 0 Å². The number of aliphatic carboxylic acids is 1. The average molecular weight is 299 g/mol. The molecule has 0 heterocycles. The standard InChI is InChI=1S/C17H17NO4/c1-12-2-6-14(7-3-12)18-17(21)13-4-8-15(9-5-13)22-11-10-16(19)20/h2-9H,10-11H2,1H3,(H,18,21)(H,19,20). The Bertz CT molecular complexity index is 647. The van der Waals surface area contributed by atoms with Crippen molar-refractivity contribution >= 4 is 17.6 Å². The highest BCUT2D eigenvalue weighted by atomic mass is 16.5. The van der Waals surface area contributed by atoms with Crippen molar-refractivity contribution in [3.63, 3.8) is 0 Å². The second-order valence-electron chi connectivity index (χ2n) is 4.84. The number of carboxylic acids is 1. The van der Waals surface area contributed by atoms with Crippen LogP contribution in [0.2, 0.25) is 0 Å². The Kier molecular flexibility index (Phi) is 5.14. The monoisotopic (exact) mass is 299 g/mol. The molecule has 5 nitrogen and oxygen atoms in total. The largest absolute Gasteiger partial charge is 0.493 e. The molecule has 0 aliphatic carbocycles. The third-order valence-corrected chi connectivity index (χ3v) is 3.01. The van der Waals surface area contributed by atoms with Crippen molar-refractivity contribution in [1.29, 1.82) is 0 Å². The van der Waals surface area contributed by atoms with Crippen LogP contribution in [0, 0.1) is 6.92 Å². The summed E-state index contributed by atoms with van der Waals surface area (Å²) in [7, 11) is 0. The van der Waals surface area contributed by atoms with Crippen LogP contribution in [0.25, 0.3) is 0 Å². The summed E-state index contributed by atoms with van der Waals surface area (Å²) in [6, 6.07) is 14.1. The number of anilines is 1. The molecule has 0 radical (unpaired) electrons. The van der Waals surface area contributed by atoms with E-state index in [-0.39, 0.29) is 18.9 Å². The van der Waals surface area contributed by atoms with Crippen molar-refractivity contribution in [2.45, 2.75) is 13.3 Å². The van der Waals surface area contributed by atoms with E-state index in [2.05, 4.69) is 5.32 Å². The van der Waals surface area contributed by atoms with Gasteiger partial charge in [0.1, 0.15) is 5.75 Å². The van der Waals surface area contributed by atoms with Gasteiger partial charge >= 0.3 is 5.97 Å². The number of nitrogens with one attached hydrogen (secondary N) is 1. The van der Waals surface area contributed by atoms with E-state index in [0.29, 0.717) is 11.3 Å². The molecule has 22 heavy (non-hydrogen) atoms. The molecule has 0 unspecified atom stereocenters. The highest BCUT2D eigenvalue weighted by Crippen LogP contribution is 2.15. The van der Waals surface area contributed by atoms with Gasteiger partial charge in [0.05, 0.1) is 13.0 Å². The molecule has 0 atom stereocenters. The van der Waals surface area contributed by atoms with Crippen molar-refractivity contribution in [3.8, 4) is 5.75 Å². The number of hydrogen-bond acceptors (Lipinski definition) is 3. The second kappa shape index (κ2) is 7.26. The lowest BCUT2D eigenvalue weighted by Crippen LogP contribution is -2.11. The van der Waals surface area contributed by atoms with Crippen LogP contribution >= 0.6 is 0 Å². The summed E-state index contributed by atoms with van der Waals surface area (Å²) >= 11 is 0. The van der Waals surface area contributed by atoms with E-state index >= 15 is 0 Å². The Morgan fingerprint density at radius 2 is 1.68 bits per heavy atom. The molecule has 0 saturated heterocycles. The van der Waals surface area contributed by atoms with E-state index in [9.17, 15) is 9.59 Å². The zero-order valence-corrected chi connectivity index (χ0v) is 12.2. The predicted molar refractivity (Wildman–Crippen MR) is 83.3 cm³/mol. The Hall–Kier alpha value is -2.82. The molecule has 5 heteroatoms. The Labute approximate surface area is 128 Å². The Morgan fingerprint density at radius 3 is 2.27 bits per heavy atom. The van der Waals surface area contributed by atoms with Crippen molar-refractivity contribution < 1.29 is 19.4 Å². The number of hydrogen-bond donors (Lipinski definition) is 2. The van der Waals surface area contributed by atoms with Gasteiger partial charge in [-0.3, -0.25) is 9.59 Å². The fourth-order valence-corrected chi connectivity index (χ4v) is 1.80. The van der Waals surface area contributed by atoms with Crippen LogP contribution in [-0.2, 0) is 4.79 Å². The number of carbonyl (C=O) groups is 2. The molecule has 0 aliphatic rings. The maximum absolute atomic E-state index is 12.1. The summed E-state index contributed by atoms with van der Waals surface area (Å²) in [5, 5.41) is 11.3. The van der Waals surface area contributed by atoms with Gasteiger partial charge in [0.2, 0.25) is 0 Å². The summed E-state index contributed by atoms with van der Waals surface area (Å²) < 4.78 is 5.27. The van der Waals surface area contributed by atoms with Crippen molar-refractivity contribution in [2.24, 2.45) is 0 Å². The van der Waals surface area contributed by atoms with Crippen molar-refractivity contribution in [1.82, 2.24) is 0 Å². The maximum Gasteiger partial charge on any atom is 0.306 e. The van der Waals surface area contributed by atoms with Crippen LogP contribution in [0.3, 0.4) is 0 Å². The van der Waals surface area contributed by atoms with Crippen LogP contribution < -0.4 is 10.1 Å². The molecule has 0 aliphatic heterocycles. The highest BCUT2D eigenvalue weighted by molar-refractivity contribution is 6.04. The van der Waals surface area contributed by atoms with E-state index in [1.54, 1.807) is 24.3 Å². The first-order chi connectivity index (χ1) is 10.5. The van der Waals surface area contributed by atoms with Crippen LogP contribution in [0.4, 0.5) is 5.69 Å². The zero-order chi connectivity index (χ0) is 15.9. The number of amides is 1. The molecular weight excluding hydrogens is 282 g/mol. The van der Waals surface area contributed by atoms with Gasteiger partial charge in [0, 0.05) is 11.3 Å². The minimum Gasteiger partial charge on any atom is -0.493 e. The van der Waals surface area contributed by atoms with Gasteiger partial charge < -0.3 is 15.2 Å². The van der Waals surface area contributed by atoms with Gasteiger partial charge in [-0.25, -0.2) is 0 Å². The first-order valence-electron chi connectivity index (χ1n) is 6.87. The van der Waals surface area contributed by atoms with Gasteiger partial charge in [-0.05, 0) is 43.3 Å². The third kappa shape index (κ3) is 4.63. The minimum atomic E-state index is -0.908. The van der Waals surface area contributed by atoms with Crippen LogP contribution in [0.5, 0.6) is 5.75 Å². The van der Waals surface area contributed by atoms with Crippen molar-refractivity contribution in [2.75, 3.05) is 11.9 Å². The summed E-state index contributed by atoms with van der Waals surface area (Å²) in [6.45, 7) is 2.08. The Morgan fingerprint density at radius 1 is 1.05 bits per heavy atom. The molecule has 2 aromatic rings. The summed E-state index contributed by atoms with van der Waals surface area (Å²) in [5.74, 6) is -0.580. The molecule has 0 saturated carbocycles. The van der Waals surface area contributed by atoms with Crippen LogP contribution in [0.1, 0.15) is 22.3 Å². The van der Waals surface area contributed by atoms with E-state index < -0.39 is 5.97 Å². The fourth-order valence-electron chi connectivity index (χ4n) is 1.80. The number of rotatable bonds is 6. The molecule has 1 amide bonds. The first-order valence-corrected chi connectivity index (χ1v) is 6.87. The number of benzene rings is 2. The predicted octanol–water partition coefficient (Wildman–Crippen LogP) is 3.10. The number of ether oxygens (including phenoxy) is 1. The molecule has 0 aromatic heterocycles. The Balaban J connectivity index is 1.93. The van der Waals surface area contributed by atoms with Gasteiger partial charge in [-0.2, -0.15) is 0 Å². The quantitative estimate of drug-likeness (QED) is 0.859. The highest BCUT2D eigenvalue weighted by Gasteiger charge is 2.06. The molecule has 2 N–H and O–H groups in total. The minimum absolute atomic E-state index is 0.0599. The molecule has 0 bridgehead atoms. The lowest BCUT2D eigenvalue weighted by molar-refractivity contribution is -0.137. The summed E-state index contributed by atoms with van der Waals surface area (Å²) in [5.41, 5.74) is 2.37. The summed E-state index contributed by atoms with van der Waals surface area (Å²) in [6.07, 6.45) is -0.0599. The average Bonchev–Trinajstić information content (AvgIpc) is 2.50. The molecule has 0 fully saturated rings. The molecule has 114 valence electrons. The van der Waals surface area contributed by atoms with E-state index in [1.165, 1.54) is 0 Å². The lowest BCUT2D eigenvalue weighted by Gasteiger charge is -2.07. The van der Waals surface area contributed by atoms with Crippen molar-refractivity contribution in [3.05, 3.63) is 59.7 Å². The van der Waals surface area contributed by atoms with Gasteiger partial charge in [-0.15, -0.1) is 0 Å². The summed E-state index contributed by atoms with van der Waals surface area (Å²) in [4.78, 5) is 22.5. The SMILES string of the molecule is Cc1ccc(NC(=O)c2ccc(OCCC(=O)O)cc2)cc1. The van der Waals surface area contributed by atoms with E-state index in [0.717, 1.165) is 11.3 Å². The van der Waals surface area contributed by atoms with Crippen LogP contribution in [-0.4, -0.2) is 23.6 Å². The van der Waals surface area contributed by atoms with Crippen LogP contribution in [0.15, 0.2) is 48.5 Å². The molecular formula is C17H17NO4. The third-order valence-electron chi connectivity index (χ3n) is 3.01. The molecule has 2 rings (SSSR count). The second-order valence-corrected chi connectivity index (χ2v) is 4.84. The lowest BCUT2D eigenvalue weighted by atomic mass is 10.2. The number of carbonyl (C=O) groups excluding carboxylic acids is 1. The smallest absolute Gasteiger partial charge is 0.306 e. The van der Waals surface area contributed by atoms with Gasteiger partial charge in [-0.1, -0.05) is 17.7 Å². The zero-order valence-electron chi connectivity index (χ0n) is 12.2. The van der Waals surface area contributed by atoms with E-state index in [4.69, 9.17) is 9.84 Å². The number of aryl methyl sites for hydroxylation is 1. The number of carboxylic acid groups (broad SMARTS) is 1. The normalized spacial score (nSPS) is 10.0. The maximum atomic E-state index is 12.1. The topological polar surface area (TPSA) is 75.6 Å². The van der Waals surface area contributed by atoms with E-state index in [1.807, 2.05) is 31.2 Å². The fraction of sp³-hybridized carbons (Fsp3) is 0.176. The van der Waals surface area contributed by atoms with Gasteiger partial charge in [0.25, 0.3) is 5.91 Å². The molecule has 2 aromatic carbocycles. The first kappa shape index (κ1) is 15.6. The molecule has 0 spiro atoms.